The van der Waals surface area contributed by atoms with Gasteiger partial charge in [0, 0.05) is 24.5 Å². The Labute approximate surface area is 125 Å². The summed E-state index contributed by atoms with van der Waals surface area (Å²) in [6.45, 7) is 5.11. The Morgan fingerprint density at radius 1 is 1.38 bits per heavy atom. The molecule has 3 rings (SSSR count). The molecular weight excluding hydrogens is 260 g/mol. The predicted octanol–water partition coefficient (Wildman–Crippen LogP) is 3.00. The van der Waals surface area contributed by atoms with E-state index in [1.165, 1.54) is 12.8 Å². The average Bonchev–Trinajstić information content (AvgIpc) is 3.35. The molecule has 0 spiro atoms. The molecule has 0 radical (unpaired) electrons. The average molecular weight is 280 g/mol. The Kier molecular flexibility index (Phi) is 4.03. The van der Waals surface area contributed by atoms with Crippen molar-refractivity contribution in [3.63, 3.8) is 0 Å². The molecule has 1 aliphatic rings. The van der Waals surface area contributed by atoms with Crippen molar-refractivity contribution in [1.82, 2.24) is 9.88 Å². The van der Waals surface area contributed by atoms with Crippen molar-refractivity contribution in [3.8, 4) is 6.07 Å². The minimum atomic E-state index is 0.614. The largest absolute Gasteiger partial charge is 0.368 e. The third kappa shape index (κ3) is 3.14. The van der Waals surface area contributed by atoms with E-state index in [0.717, 1.165) is 36.6 Å². The second-order valence-corrected chi connectivity index (χ2v) is 5.48. The fraction of sp³-hybridized carbons (Fsp3) is 0.412. The van der Waals surface area contributed by atoms with E-state index in [0.29, 0.717) is 11.4 Å². The summed E-state index contributed by atoms with van der Waals surface area (Å²) in [5, 5.41) is 13.6. The van der Waals surface area contributed by atoms with Gasteiger partial charge in [0.1, 0.15) is 11.9 Å². The summed E-state index contributed by atoms with van der Waals surface area (Å²) in [5.41, 5.74) is 1.54. The molecule has 0 aliphatic heterocycles. The molecule has 1 saturated carbocycles. The van der Waals surface area contributed by atoms with Gasteiger partial charge < -0.3 is 5.32 Å². The summed E-state index contributed by atoms with van der Waals surface area (Å²) in [6.07, 6.45) is 2.65. The van der Waals surface area contributed by atoms with Crippen molar-refractivity contribution >= 4 is 16.7 Å². The van der Waals surface area contributed by atoms with Gasteiger partial charge in [-0.05, 0) is 31.5 Å². The van der Waals surface area contributed by atoms with Crippen molar-refractivity contribution in [2.24, 2.45) is 0 Å². The van der Waals surface area contributed by atoms with E-state index in [-0.39, 0.29) is 0 Å². The predicted molar refractivity (Wildman–Crippen MR) is 85.2 cm³/mol. The third-order valence-electron chi connectivity index (χ3n) is 4.01. The number of pyridine rings is 1. The molecule has 1 fully saturated rings. The van der Waals surface area contributed by atoms with Crippen LogP contribution in [0, 0.1) is 11.3 Å². The number of benzene rings is 1. The number of nitriles is 1. The molecule has 1 aliphatic carbocycles. The van der Waals surface area contributed by atoms with E-state index >= 15 is 0 Å². The first-order valence-corrected chi connectivity index (χ1v) is 7.59. The summed E-state index contributed by atoms with van der Waals surface area (Å²) >= 11 is 0. The fourth-order valence-electron chi connectivity index (χ4n) is 2.69. The molecule has 0 amide bonds. The molecule has 4 nitrogen and oxygen atoms in total. The highest BCUT2D eigenvalue weighted by atomic mass is 15.2. The van der Waals surface area contributed by atoms with Gasteiger partial charge in [0.25, 0.3) is 0 Å². The Bertz CT molecular complexity index is 670. The number of likely N-dealkylation sites (N-methyl/N-ethyl adjacent to an activating group) is 1. The first kappa shape index (κ1) is 13.8. The molecule has 0 saturated heterocycles. The minimum absolute atomic E-state index is 0.614. The first-order valence-electron chi connectivity index (χ1n) is 7.59. The van der Waals surface area contributed by atoms with E-state index in [2.05, 4.69) is 28.2 Å². The Morgan fingerprint density at radius 3 is 2.90 bits per heavy atom. The third-order valence-corrected chi connectivity index (χ3v) is 4.01. The number of fused-ring (bicyclic) bond motifs is 1. The van der Waals surface area contributed by atoms with Crippen molar-refractivity contribution in [2.75, 3.05) is 25.0 Å². The van der Waals surface area contributed by atoms with E-state index in [1.807, 2.05) is 30.3 Å². The summed E-state index contributed by atoms with van der Waals surface area (Å²) in [7, 11) is 0. The standard InChI is InChI=1S/C17H20N4/c1-2-21(15-7-8-15)10-9-19-17-14(12-18)11-13-5-3-4-6-16(13)20-17/h3-6,11,15H,2,7-10H2,1H3,(H,19,20). The highest BCUT2D eigenvalue weighted by molar-refractivity contribution is 5.82. The SMILES string of the molecule is CCN(CCNc1nc2ccccc2cc1C#N)C1CC1. The van der Waals surface area contributed by atoms with E-state index in [9.17, 15) is 5.26 Å². The van der Waals surface area contributed by atoms with Gasteiger partial charge in [0.15, 0.2) is 0 Å². The molecule has 1 heterocycles. The fourth-order valence-corrected chi connectivity index (χ4v) is 2.69. The maximum Gasteiger partial charge on any atom is 0.144 e. The zero-order chi connectivity index (χ0) is 14.7. The van der Waals surface area contributed by atoms with Crippen LogP contribution in [-0.4, -0.2) is 35.6 Å². The number of aromatic nitrogens is 1. The Balaban J connectivity index is 1.72. The minimum Gasteiger partial charge on any atom is -0.368 e. The van der Waals surface area contributed by atoms with Crippen LogP contribution >= 0.6 is 0 Å². The Morgan fingerprint density at radius 2 is 2.19 bits per heavy atom. The maximum absolute atomic E-state index is 9.29. The summed E-state index contributed by atoms with van der Waals surface area (Å²) in [5.74, 6) is 0.697. The molecule has 4 heteroatoms. The topological polar surface area (TPSA) is 52.0 Å². The van der Waals surface area contributed by atoms with Gasteiger partial charge in [-0.1, -0.05) is 25.1 Å². The van der Waals surface area contributed by atoms with E-state index in [4.69, 9.17) is 0 Å². The summed E-state index contributed by atoms with van der Waals surface area (Å²) in [6, 6.07) is 12.8. The van der Waals surface area contributed by atoms with Crippen molar-refractivity contribution < 1.29 is 0 Å². The van der Waals surface area contributed by atoms with Crippen LogP contribution in [0.25, 0.3) is 10.9 Å². The van der Waals surface area contributed by atoms with Gasteiger partial charge in [-0.3, -0.25) is 4.90 Å². The maximum atomic E-state index is 9.29. The number of para-hydroxylation sites is 1. The van der Waals surface area contributed by atoms with Crippen LogP contribution in [0.4, 0.5) is 5.82 Å². The highest BCUT2D eigenvalue weighted by Gasteiger charge is 2.27. The molecule has 1 aromatic heterocycles. The zero-order valence-corrected chi connectivity index (χ0v) is 12.3. The number of nitrogens with zero attached hydrogens (tertiary/aromatic N) is 3. The van der Waals surface area contributed by atoms with Crippen LogP contribution in [0.2, 0.25) is 0 Å². The van der Waals surface area contributed by atoms with Crippen molar-refractivity contribution in [2.45, 2.75) is 25.8 Å². The van der Waals surface area contributed by atoms with Crippen LogP contribution in [0.1, 0.15) is 25.3 Å². The normalized spacial score (nSPS) is 14.3. The molecule has 21 heavy (non-hydrogen) atoms. The Hall–Kier alpha value is -2.12. The van der Waals surface area contributed by atoms with Crippen LogP contribution in [0.3, 0.4) is 0 Å². The quantitative estimate of drug-likeness (QED) is 0.883. The number of hydrogen-bond acceptors (Lipinski definition) is 4. The van der Waals surface area contributed by atoms with Crippen LogP contribution in [-0.2, 0) is 0 Å². The van der Waals surface area contributed by atoms with E-state index < -0.39 is 0 Å². The summed E-state index contributed by atoms with van der Waals surface area (Å²) < 4.78 is 0. The number of rotatable bonds is 6. The van der Waals surface area contributed by atoms with Crippen molar-refractivity contribution in [1.29, 1.82) is 5.26 Å². The molecular formula is C17H20N4. The van der Waals surface area contributed by atoms with Gasteiger partial charge in [0.05, 0.1) is 11.1 Å². The van der Waals surface area contributed by atoms with Crippen LogP contribution < -0.4 is 5.32 Å². The van der Waals surface area contributed by atoms with Gasteiger partial charge in [-0.2, -0.15) is 5.26 Å². The lowest BCUT2D eigenvalue weighted by atomic mass is 10.1. The molecule has 1 aromatic carbocycles. The van der Waals surface area contributed by atoms with Gasteiger partial charge >= 0.3 is 0 Å². The van der Waals surface area contributed by atoms with Crippen LogP contribution in [0.5, 0.6) is 0 Å². The van der Waals surface area contributed by atoms with Gasteiger partial charge in [-0.25, -0.2) is 4.98 Å². The monoisotopic (exact) mass is 280 g/mol. The number of anilines is 1. The molecule has 1 N–H and O–H groups in total. The van der Waals surface area contributed by atoms with Gasteiger partial charge in [-0.15, -0.1) is 0 Å². The smallest absolute Gasteiger partial charge is 0.144 e. The highest BCUT2D eigenvalue weighted by Crippen LogP contribution is 2.26. The van der Waals surface area contributed by atoms with Crippen molar-refractivity contribution in [3.05, 3.63) is 35.9 Å². The molecule has 108 valence electrons. The second kappa shape index (κ2) is 6.11. The number of hydrogen-bond donors (Lipinski definition) is 1. The number of nitrogens with one attached hydrogen (secondary N) is 1. The molecule has 0 unspecified atom stereocenters. The molecule has 0 atom stereocenters. The van der Waals surface area contributed by atoms with E-state index in [1.54, 1.807) is 0 Å². The zero-order valence-electron chi connectivity index (χ0n) is 12.3. The second-order valence-electron chi connectivity index (χ2n) is 5.48. The lowest BCUT2D eigenvalue weighted by molar-refractivity contribution is 0.289. The summed E-state index contributed by atoms with van der Waals surface area (Å²) in [4.78, 5) is 7.06. The molecule has 0 bridgehead atoms. The first-order chi connectivity index (χ1) is 10.3. The van der Waals surface area contributed by atoms with Gasteiger partial charge in [0.2, 0.25) is 0 Å². The molecule has 2 aromatic rings. The lowest BCUT2D eigenvalue weighted by Crippen LogP contribution is -2.31. The van der Waals surface area contributed by atoms with Crippen LogP contribution in [0.15, 0.2) is 30.3 Å². The lowest BCUT2D eigenvalue weighted by Gasteiger charge is -2.20.